The van der Waals surface area contributed by atoms with Gasteiger partial charge in [0, 0.05) is 12.1 Å². The molecule has 0 aromatic carbocycles. The van der Waals surface area contributed by atoms with E-state index in [1.807, 2.05) is 0 Å². The largest absolute Gasteiger partial charge is 0.379 e. The second-order valence-corrected chi connectivity index (χ2v) is 4.33. The summed E-state index contributed by atoms with van der Waals surface area (Å²) in [5, 5.41) is 3.03. The van der Waals surface area contributed by atoms with E-state index >= 15 is 0 Å². The Kier molecular flexibility index (Phi) is 2.74. The van der Waals surface area contributed by atoms with Crippen molar-refractivity contribution >= 4 is 5.91 Å². The Morgan fingerprint density at radius 3 is 2.86 bits per heavy atom. The first-order valence-corrected chi connectivity index (χ1v) is 5.36. The lowest BCUT2D eigenvalue weighted by molar-refractivity contribution is -0.125. The molecule has 1 saturated carbocycles. The molecule has 14 heavy (non-hydrogen) atoms. The molecule has 0 aromatic heterocycles. The van der Waals surface area contributed by atoms with Crippen LogP contribution in [0.25, 0.3) is 0 Å². The quantitative estimate of drug-likeness (QED) is 0.664. The first-order valence-electron chi connectivity index (χ1n) is 5.36. The predicted octanol–water partition coefficient (Wildman–Crippen LogP) is -0.125. The predicted molar refractivity (Wildman–Crippen MR) is 52.6 cm³/mol. The van der Waals surface area contributed by atoms with Crippen molar-refractivity contribution in [3.05, 3.63) is 0 Å². The minimum atomic E-state index is -0.131. The van der Waals surface area contributed by atoms with Gasteiger partial charge in [-0.2, -0.15) is 0 Å². The summed E-state index contributed by atoms with van der Waals surface area (Å²) in [6.07, 6.45) is 2.28. The van der Waals surface area contributed by atoms with Gasteiger partial charge in [-0.3, -0.25) is 4.79 Å². The van der Waals surface area contributed by atoms with Crippen molar-refractivity contribution in [3.8, 4) is 0 Å². The molecule has 4 atom stereocenters. The molecule has 1 heterocycles. The van der Waals surface area contributed by atoms with Crippen molar-refractivity contribution < 1.29 is 9.53 Å². The van der Waals surface area contributed by atoms with Crippen molar-refractivity contribution in [1.82, 2.24) is 5.32 Å². The third-order valence-electron chi connectivity index (χ3n) is 3.24. The van der Waals surface area contributed by atoms with E-state index in [4.69, 9.17) is 10.5 Å². The Hall–Kier alpha value is -0.610. The number of carbonyl (C=O) groups is 1. The Labute approximate surface area is 84.2 Å². The van der Waals surface area contributed by atoms with Gasteiger partial charge in [0.15, 0.2) is 0 Å². The maximum Gasteiger partial charge on any atom is 0.227 e. The smallest absolute Gasteiger partial charge is 0.227 e. The Bertz CT molecular complexity index is 232. The molecule has 0 aromatic rings. The van der Waals surface area contributed by atoms with Crippen LogP contribution in [0.4, 0.5) is 0 Å². The van der Waals surface area contributed by atoms with E-state index < -0.39 is 0 Å². The lowest BCUT2D eigenvalue weighted by atomic mass is 10.0. The molecule has 1 aliphatic carbocycles. The number of ether oxygens (including phenoxy) is 1. The normalized spacial score (nSPS) is 41.0. The first-order chi connectivity index (χ1) is 6.72. The van der Waals surface area contributed by atoms with Crippen LogP contribution in [0, 0.1) is 11.8 Å². The third-order valence-corrected chi connectivity index (χ3v) is 3.24. The van der Waals surface area contributed by atoms with Crippen molar-refractivity contribution in [2.24, 2.45) is 17.6 Å². The van der Waals surface area contributed by atoms with E-state index in [0.29, 0.717) is 25.2 Å². The number of hydrogen-bond donors (Lipinski definition) is 2. The van der Waals surface area contributed by atoms with Gasteiger partial charge in [0.05, 0.1) is 19.1 Å². The molecular weight excluding hydrogens is 180 g/mol. The van der Waals surface area contributed by atoms with Gasteiger partial charge >= 0.3 is 0 Å². The number of hydrogen-bond acceptors (Lipinski definition) is 3. The molecule has 80 valence electrons. The van der Waals surface area contributed by atoms with Crippen LogP contribution < -0.4 is 11.1 Å². The maximum atomic E-state index is 11.7. The summed E-state index contributed by atoms with van der Waals surface area (Å²) < 4.78 is 5.16. The average Bonchev–Trinajstić information content (AvgIpc) is 2.77. The summed E-state index contributed by atoms with van der Waals surface area (Å²) in [7, 11) is 0. The summed E-state index contributed by atoms with van der Waals surface area (Å²) in [6, 6.07) is 0.286. The summed E-state index contributed by atoms with van der Waals surface area (Å²) in [5.74, 6) is 0.640. The summed E-state index contributed by atoms with van der Waals surface area (Å²) in [4.78, 5) is 11.7. The van der Waals surface area contributed by atoms with E-state index in [2.05, 4.69) is 12.2 Å². The highest BCUT2D eigenvalue weighted by Gasteiger charge is 2.39. The fraction of sp³-hybridized carbons (Fsp3) is 0.900. The highest BCUT2D eigenvalue weighted by atomic mass is 16.5. The van der Waals surface area contributed by atoms with Gasteiger partial charge in [-0.05, 0) is 12.3 Å². The fourth-order valence-corrected chi connectivity index (χ4v) is 2.01. The molecule has 2 rings (SSSR count). The van der Waals surface area contributed by atoms with Gasteiger partial charge in [-0.15, -0.1) is 0 Å². The third kappa shape index (κ3) is 1.91. The minimum absolute atomic E-state index is 0.0796. The van der Waals surface area contributed by atoms with Crippen LogP contribution in [0.3, 0.4) is 0 Å². The van der Waals surface area contributed by atoms with Crippen molar-refractivity contribution in [2.75, 3.05) is 13.2 Å². The molecule has 4 unspecified atom stereocenters. The molecule has 1 aliphatic heterocycles. The Balaban J connectivity index is 1.78. The van der Waals surface area contributed by atoms with Gasteiger partial charge in [-0.1, -0.05) is 13.3 Å². The van der Waals surface area contributed by atoms with Crippen LogP contribution in [0.5, 0.6) is 0 Å². The van der Waals surface area contributed by atoms with E-state index in [0.717, 1.165) is 12.8 Å². The molecule has 1 saturated heterocycles. The molecule has 3 N–H and O–H groups in total. The Morgan fingerprint density at radius 2 is 2.36 bits per heavy atom. The van der Waals surface area contributed by atoms with Crippen LogP contribution in [0.2, 0.25) is 0 Å². The molecule has 4 nitrogen and oxygen atoms in total. The van der Waals surface area contributed by atoms with Gasteiger partial charge in [0.1, 0.15) is 0 Å². The molecule has 4 heteroatoms. The Morgan fingerprint density at radius 1 is 1.57 bits per heavy atom. The highest BCUT2D eigenvalue weighted by molar-refractivity contribution is 5.80. The molecular formula is C10H18N2O2. The zero-order valence-corrected chi connectivity index (χ0v) is 8.53. The molecule has 0 radical (unpaired) electrons. The zero-order chi connectivity index (χ0) is 10.1. The number of rotatable bonds is 3. The number of amides is 1. The van der Waals surface area contributed by atoms with Crippen LogP contribution in [0.15, 0.2) is 0 Å². The van der Waals surface area contributed by atoms with E-state index in [1.165, 1.54) is 0 Å². The van der Waals surface area contributed by atoms with Crippen molar-refractivity contribution in [1.29, 1.82) is 0 Å². The molecule has 1 amide bonds. The van der Waals surface area contributed by atoms with Crippen molar-refractivity contribution in [3.63, 3.8) is 0 Å². The fourth-order valence-electron chi connectivity index (χ4n) is 2.01. The summed E-state index contributed by atoms with van der Waals surface area (Å²) in [5.41, 5.74) is 5.76. The van der Waals surface area contributed by atoms with Crippen LogP contribution in [-0.2, 0) is 9.53 Å². The number of nitrogens with two attached hydrogens (primary N) is 1. The second kappa shape index (κ2) is 3.87. The molecule has 2 fully saturated rings. The molecule has 0 bridgehead atoms. The highest BCUT2D eigenvalue weighted by Crippen LogP contribution is 2.33. The van der Waals surface area contributed by atoms with Gasteiger partial charge < -0.3 is 15.8 Å². The molecule has 0 spiro atoms. The lowest BCUT2D eigenvalue weighted by Gasteiger charge is -2.12. The van der Waals surface area contributed by atoms with Gasteiger partial charge in [0.25, 0.3) is 0 Å². The van der Waals surface area contributed by atoms with Gasteiger partial charge in [0.2, 0.25) is 5.91 Å². The standard InChI is InChI=1S/C10H18N2O2/c1-2-6-3-9(6)12-10(13)7-4-14-5-8(7)11/h6-9H,2-5,11H2,1H3,(H,12,13). The van der Waals surface area contributed by atoms with Crippen LogP contribution in [0.1, 0.15) is 19.8 Å². The van der Waals surface area contributed by atoms with E-state index in [1.54, 1.807) is 0 Å². The number of nitrogens with one attached hydrogen (secondary N) is 1. The number of carbonyl (C=O) groups excluding carboxylic acids is 1. The van der Waals surface area contributed by atoms with E-state index in [9.17, 15) is 4.79 Å². The summed E-state index contributed by atoms with van der Waals surface area (Å²) in [6.45, 7) is 3.15. The lowest BCUT2D eigenvalue weighted by Crippen LogP contribution is -2.42. The monoisotopic (exact) mass is 198 g/mol. The van der Waals surface area contributed by atoms with Crippen LogP contribution in [-0.4, -0.2) is 31.2 Å². The van der Waals surface area contributed by atoms with E-state index in [-0.39, 0.29) is 17.9 Å². The topological polar surface area (TPSA) is 64.3 Å². The maximum absolute atomic E-state index is 11.7. The van der Waals surface area contributed by atoms with Gasteiger partial charge in [-0.25, -0.2) is 0 Å². The van der Waals surface area contributed by atoms with Crippen molar-refractivity contribution in [2.45, 2.75) is 31.8 Å². The zero-order valence-electron chi connectivity index (χ0n) is 8.53. The minimum Gasteiger partial charge on any atom is -0.379 e. The second-order valence-electron chi connectivity index (χ2n) is 4.33. The SMILES string of the molecule is CCC1CC1NC(=O)C1COCC1N. The molecule has 2 aliphatic rings. The van der Waals surface area contributed by atoms with Crippen LogP contribution >= 0.6 is 0 Å². The first kappa shape index (κ1) is 9.93. The summed E-state index contributed by atoms with van der Waals surface area (Å²) >= 11 is 0. The average molecular weight is 198 g/mol.